The Bertz CT molecular complexity index is 297. The Morgan fingerprint density at radius 2 is 2.10 bits per heavy atom. The molecule has 1 fully saturated rings. The van der Waals surface area contributed by atoms with Crippen LogP contribution in [0, 0.1) is 5.92 Å². The molecule has 1 N–H and O–H groups in total. The fraction of sp³-hybridized carbons (Fsp3) is 0.933. The summed E-state index contributed by atoms with van der Waals surface area (Å²) in [6.45, 7) is 9.77. The van der Waals surface area contributed by atoms with Crippen molar-refractivity contribution in [2.75, 3.05) is 40.4 Å². The zero-order valence-corrected chi connectivity index (χ0v) is 13.7. The lowest BCUT2D eigenvalue weighted by Gasteiger charge is -2.26. The number of likely N-dealkylation sites (N-methyl/N-ethyl adjacent to an activating group) is 1. The summed E-state index contributed by atoms with van der Waals surface area (Å²) in [6.07, 6.45) is 2.08. The van der Waals surface area contributed by atoms with E-state index in [4.69, 9.17) is 4.74 Å². The molecule has 0 aromatic rings. The lowest BCUT2D eigenvalue weighted by molar-refractivity contribution is -0.130. The number of carbonyl (C=O) groups excluding carboxylic acids is 1. The van der Waals surface area contributed by atoms with Crippen LogP contribution in [0.3, 0.4) is 0 Å². The van der Waals surface area contributed by atoms with E-state index in [2.05, 4.69) is 38.0 Å². The minimum atomic E-state index is 0.00392. The molecule has 1 aliphatic rings. The molecule has 0 aromatic heterocycles. The number of hydrogen-bond donors (Lipinski definition) is 1. The summed E-state index contributed by atoms with van der Waals surface area (Å²) in [5, 5.41) is 3.47. The molecule has 0 aromatic carbocycles. The number of nitrogens with zero attached hydrogens (tertiary/aromatic N) is 2. The van der Waals surface area contributed by atoms with E-state index in [1.54, 1.807) is 7.11 Å². The molecule has 5 nitrogen and oxygen atoms in total. The van der Waals surface area contributed by atoms with Crippen molar-refractivity contribution in [1.82, 2.24) is 15.1 Å². The van der Waals surface area contributed by atoms with Crippen LogP contribution >= 0.6 is 0 Å². The first-order valence-corrected chi connectivity index (χ1v) is 7.73. The predicted molar refractivity (Wildman–Crippen MR) is 81.5 cm³/mol. The van der Waals surface area contributed by atoms with E-state index in [-0.39, 0.29) is 18.1 Å². The lowest BCUT2D eigenvalue weighted by Crippen LogP contribution is -2.41. The summed E-state index contributed by atoms with van der Waals surface area (Å²) in [4.78, 5) is 16.7. The minimum Gasteiger partial charge on any atom is -0.383 e. The van der Waals surface area contributed by atoms with Gasteiger partial charge in [0.2, 0.25) is 5.91 Å². The molecule has 20 heavy (non-hydrogen) atoms. The van der Waals surface area contributed by atoms with E-state index in [9.17, 15) is 4.79 Å². The van der Waals surface area contributed by atoms with Crippen LogP contribution in [0.2, 0.25) is 0 Å². The Hall–Kier alpha value is -0.650. The summed E-state index contributed by atoms with van der Waals surface area (Å²) in [5.74, 6) is 0.809. The molecule has 0 bridgehead atoms. The van der Waals surface area contributed by atoms with Gasteiger partial charge in [-0.3, -0.25) is 10.1 Å². The molecular formula is C15H31N3O2. The third kappa shape index (κ3) is 5.04. The topological polar surface area (TPSA) is 44.8 Å². The van der Waals surface area contributed by atoms with Crippen molar-refractivity contribution in [2.24, 2.45) is 5.92 Å². The average Bonchev–Trinajstić information content (AvgIpc) is 2.69. The molecule has 5 heteroatoms. The molecular weight excluding hydrogens is 254 g/mol. The molecule has 0 aliphatic carbocycles. The van der Waals surface area contributed by atoms with E-state index in [1.165, 1.54) is 0 Å². The SMILES string of the molecule is CCC1NC(CC(C)C)C(=O)N1CCN(C)CCOC. The third-order valence-electron chi connectivity index (χ3n) is 3.84. The van der Waals surface area contributed by atoms with Crippen molar-refractivity contribution in [3.8, 4) is 0 Å². The van der Waals surface area contributed by atoms with Crippen LogP contribution in [0.4, 0.5) is 0 Å². The largest absolute Gasteiger partial charge is 0.383 e. The summed E-state index contributed by atoms with van der Waals surface area (Å²) < 4.78 is 5.07. The molecule has 2 unspecified atom stereocenters. The minimum absolute atomic E-state index is 0.00392. The van der Waals surface area contributed by atoms with E-state index in [1.807, 2.05) is 4.90 Å². The normalized spacial score (nSPS) is 23.4. The zero-order chi connectivity index (χ0) is 15.1. The average molecular weight is 285 g/mol. The maximum atomic E-state index is 12.5. The molecule has 1 heterocycles. The summed E-state index contributed by atoms with van der Waals surface area (Å²) in [5.41, 5.74) is 0. The number of rotatable bonds is 9. The lowest BCUT2D eigenvalue weighted by atomic mass is 10.0. The van der Waals surface area contributed by atoms with Gasteiger partial charge in [0.1, 0.15) is 0 Å². The Morgan fingerprint density at radius 3 is 2.65 bits per heavy atom. The van der Waals surface area contributed by atoms with Gasteiger partial charge < -0.3 is 14.5 Å². The van der Waals surface area contributed by atoms with Crippen LogP contribution in [0.15, 0.2) is 0 Å². The van der Waals surface area contributed by atoms with Crippen LogP contribution in [0.1, 0.15) is 33.6 Å². The first-order chi connectivity index (χ1) is 9.49. The highest BCUT2D eigenvalue weighted by Gasteiger charge is 2.37. The molecule has 118 valence electrons. The number of amides is 1. The monoisotopic (exact) mass is 285 g/mol. The van der Waals surface area contributed by atoms with Crippen molar-refractivity contribution in [1.29, 1.82) is 0 Å². The molecule has 1 aliphatic heterocycles. The number of carbonyl (C=O) groups is 1. The third-order valence-corrected chi connectivity index (χ3v) is 3.84. The van der Waals surface area contributed by atoms with Crippen LogP contribution in [-0.4, -0.2) is 68.3 Å². The van der Waals surface area contributed by atoms with Gasteiger partial charge in [-0.1, -0.05) is 20.8 Å². The summed E-state index contributed by atoms with van der Waals surface area (Å²) in [7, 11) is 3.78. The summed E-state index contributed by atoms with van der Waals surface area (Å²) >= 11 is 0. The Kier molecular flexibility index (Phi) is 7.48. The van der Waals surface area contributed by atoms with Crippen LogP contribution in [0.5, 0.6) is 0 Å². The fourth-order valence-corrected chi connectivity index (χ4v) is 2.63. The van der Waals surface area contributed by atoms with Gasteiger partial charge in [-0.25, -0.2) is 0 Å². The van der Waals surface area contributed by atoms with Crippen LogP contribution in [-0.2, 0) is 9.53 Å². The molecule has 1 rings (SSSR count). The van der Waals surface area contributed by atoms with Crippen molar-refractivity contribution >= 4 is 5.91 Å². The molecule has 0 radical (unpaired) electrons. The Balaban J connectivity index is 2.48. The maximum Gasteiger partial charge on any atom is 0.241 e. The smallest absolute Gasteiger partial charge is 0.241 e. The van der Waals surface area contributed by atoms with Gasteiger partial charge in [-0.15, -0.1) is 0 Å². The fourth-order valence-electron chi connectivity index (χ4n) is 2.63. The highest BCUT2D eigenvalue weighted by atomic mass is 16.5. The first-order valence-electron chi connectivity index (χ1n) is 7.73. The van der Waals surface area contributed by atoms with E-state index < -0.39 is 0 Å². The van der Waals surface area contributed by atoms with Gasteiger partial charge in [0.05, 0.1) is 18.8 Å². The highest BCUT2D eigenvalue weighted by Crippen LogP contribution is 2.18. The second-order valence-corrected chi connectivity index (χ2v) is 6.10. The van der Waals surface area contributed by atoms with Crippen molar-refractivity contribution in [3.05, 3.63) is 0 Å². The predicted octanol–water partition coefficient (Wildman–Crippen LogP) is 1.15. The van der Waals surface area contributed by atoms with Crippen LogP contribution in [0.25, 0.3) is 0 Å². The van der Waals surface area contributed by atoms with Gasteiger partial charge in [0.15, 0.2) is 0 Å². The van der Waals surface area contributed by atoms with E-state index in [0.717, 1.165) is 39.1 Å². The molecule has 0 spiro atoms. The number of nitrogens with one attached hydrogen (secondary N) is 1. The zero-order valence-electron chi connectivity index (χ0n) is 13.7. The van der Waals surface area contributed by atoms with Crippen molar-refractivity contribution in [2.45, 2.75) is 45.8 Å². The molecule has 0 saturated carbocycles. The van der Waals surface area contributed by atoms with Gasteiger partial charge in [0.25, 0.3) is 0 Å². The first kappa shape index (κ1) is 17.4. The van der Waals surface area contributed by atoms with E-state index >= 15 is 0 Å². The molecule has 1 saturated heterocycles. The second kappa shape index (κ2) is 8.60. The van der Waals surface area contributed by atoms with Gasteiger partial charge in [0, 0.05) is 26.7 Å². The molecule has 2 atom stereocenters. The van der Waals surface area contributed by atoms with Crippen molar-refractivity contribution < 1.29 is 9.53 Å². The van der Waals surface area contributed by atoms with Gasteiger partial charge >= 0.3 is 0 Å². The maximum absolute atomic E-state index is 12.5. The number of ether oxygens (including phenoxy) is 1. The highest BCUT2D eigenvalue weighted by molar-refractivity contribution is 5.84. The van der Waals surface area contributed by atoms with Crippen molar-refractivity contribution in [3.63, 3.8) is 0 Å². The Labute approximate surface area is 123 Å². The Morgan fingerprint density at radius 1 is 1.40 bits per heavy atom. The van der Waals surface area contributed by atoms with Crippen LogP contribution < -0.4 is 5.32 Å². The second-order valence-electron chi connectivity index (χ2n) is 6.10. The number of hydrogen-bond acceptors (Lipinski definition) is 4. The standard InChI is InChI=1S/C15H31N3O2/c1-6-14-16-13(11-12(2)3)15(19)18(14)8-7-17(4)9-10-20-5/h12-14,16H,6-11H2,1-5H3. The summed E-state index contributed by atoms with van der Waals surface area (Å²) in [6, 6.07) is 0.00392. The van der Waals surface area contributed by atoms with E-state index in [0.29, 0.717) is 5.92 Å². The number of methoxy groups -OCH3 is 1. The molecule has 1 amide bonds. The van der Waals surface area contributed by atoms with Gasteiger partial charge in [-0.2, -0.15) is 0 Å². The quantitative estimate of drug-likeness (QED) is 0.690. The van der Waals surface area contributed by atoms with Gasteiger partial charge in [-0.05, 0) is 25.8 Å².